The van der Waals surface area contributed by atoms with E-state index in [0.717, 1.165) is 61.3 Å². The van der Waals surface area contributed by atoms with E-state index < -0.39 is 0 Å². The minimum atomic E-state index is 0.758. The van der Waals surface area contributed by atoms with Crippen LogP contribution in [0.15, 0.2) is 36.4 Å². The summed E-state index contributed by atoms with van der Waals surface area (Å²) >= 11 is 5.69. The molecule has 1 aliphatic heterocycles. The number of aryl methyl sites for hydroxylation is 2. The van der Waals surface area contributed by atoms with Crippen molar-refractivity contribution in [3.8, 4) is 5.75 Å². The van der Waals surface area contributed by atoms with Crippen LogP contribution < -0.4 is 4.74 Å². The predicted octanol–water partition coefficient (Wildman–Crippen LogP) is 3.39. The highest BCUT2D eigenvalue weighted by Gasteiger charge is 2.19. The first kappa shape index (κ1) is 18.8. The molecular formula is C21H27N3OS. The Hall–Kier alpha value is -1.98. The number of nitrogens with zero attached hydrogens (tertiary/aromatic N) is 3. The van der Waals surface area contributed by atoms with Gasteiger partial charge in [-0.05, 0) is 49.2 Å². The van der Waals surface area contributed by atoms with E-state index in [1.54, 1.807) is 7.11 Å². The van der Waals surface area contributed by atoms with Gasteiger partial charge in [0, 0.05) is 50.5 Å². The Morgan fingerprint density at radius 3 is 2.58 bits per heavy atom. The van der Waals surface area contributed by atoms with Gasteiger partial charge in [0.1, 0.15) is 5.75 Å². The van der Waals surface area contributed by atoms with E-state index in [2.05, 4.69) is 52.0 Å². The second-order valence-corrected chi connectivity index (χ2v) is 7.43. The zero-order valence-electron chi connectivity index (χ0n) is 15.9. The lowest BCUT2D eigenvalue weighted by atomic mass is 10.1. The summed E-state index contributed by atoms with van der Waals surface area (Å²) in [5.41, 5.74) is 4.68. The minimum Gasteiger partial charge on any atom is -0.497 e. The number of aromatic nitrogens is 1. The first-order valence-electron chi connectivity index (χ1n) is 9.11. The summed E-state index contributed by atoms with van der Waals surface area (Å²) in [6.45, 7) is 9.11. The van der Waals surface area contributed by atoms with Gasteiger partial charge in [-0.15, -0.1) is 0 Å². The third-order valence-corrected chi connectivity index (χ3v) is 5.15. The number of hydrogen-bond donors (Lipinski definition) is 0. The first-order chi connectivity index (χ1) is 12.5. The van der Waals surface area contributed by atoms with E-state index in [0.29, 0.717) is 0 Å². The number of pyridine rings is 1. The summed E-state index contributed by atoms with van der Waals surface area (Å²) in [7, 11) is 1.71. The molecule has 5 heteroatoms. The number of hydrogen-bond acceptors (Lipinski definition) is 4. The van der Waals surface area contributed by atoms with Gasteiger partial charge < -0.3 is 9.64 Å². The largest absolute Gasteiger partial charge is 0.497 e. The summed E-state index contributed by atoms with van der Waals surface area (Å²) in [5, 5.41) is 0. The standard InChI is InChI=1S/C21H27N3OS/c1-16-11-17(2)22-19(12-16)14-21(26)24-9-7-23(8-10-24)15-18-5-4-6-20(13-18)25-3/h4-6,11-13H,7-10,14-15H2,1-3H3. The summed E-state index contributed by atoms with van der Waals surface area (Å²) in [5.74, 6) is 0.920. The molecule has 0 saturated carbocycles. The van der Waals surface area contributed by atoms with Gasteiger partial charge in [0.25, 0.3) is 0 Å². The molecule has 2 heterocycles. The normalized spacial score (nSPS) is 15.1. The Balaban J connectivity index is 1.52. The van der Waals surface area contributed by atoms with Crippen molar-refractivity contribution in [2.75, 3.05) is 33.3 Å². The van der Waals surface area contributed by atoms with Crippen LogP contribution in [-0.2, 0) is 13.0 Å². The fourth-order valence-electron chi connectivity index (χ4n) is 3.47. The van der Waals surface area contributed by atoms with Crippen LogP contribution in [0.5, 0.6) is 5.75 Å². The van der Waals surface area contributed by atoms with Crippen molar-refractivity contribution in [1.82, 2.24) is 14.8 Å². The van der Waals surface area contributed by atoms with E-state index in [1.807, 2.05) is 13.0 Å². The van der Waals surface area contributed by atoms with Gasteiger partial charge in [-0.3, -0.25) is 9.88 Å². The van der Waals surface area contributed by atoms with Crippen molar-refractivity contribution >= 4 is 17.2 Å². The van der Waals surface area contributed by atoms with Gasteiger partial charge >= 0.3 is 0 Å². The zero-order chi connectivity index (χ0) is 18.5. The van der Waals surface area contributed by atoms with Crippen molar-refractivity contribution in [2.45, 2.75) is 26.8 Å². The molecule has 138 valence electrons. The summed E-state index contributed by atoms with van der Waals surface area (Å²) < 4.78 is 5.32. The SMILES string of the molecule is COc1cccc(CN2CCN(C(=S)Cc3cc(C)cc(C)n3)CC2)c1. The second kappa shape index (κ2) is 8.60. The Morgan fingerprint density at radius 2 is 1.88 bits per heavy atom. The van der Waals surface area contributed by atoms with Crippen molar-refractivity contribution in [2.24, 2.45) is 0 Å². The number of thiocarbonyl (C=S) groups is 1. The van der Waals surface area contributed by atoms with Crippen LogP contribution in [0.25, 0.3) is 0 Å². The molecule has 0 amide bonds. The number of ether oxygens (including phenoxy) is 1. The van der Waals surface area contributed by atoms with Crippen molar-refractivity contribution < 1.29 is 4.74 Å². The molecule has 1 aromatic heterocycles. The molecule has 0 spiro atoms. The molecule has 0 aliphatic carbocycles. The maximum atomic E-state index is 5.69. The first-order valence-corrected chi connectivity index (χ1v) is 9.51. The molecule has 0 atom stereocenters. The van der Waals surface area contributed by atoms with Crippen LogP contribution in [0.4, 0.5) is 0 Å². The maximum absolute atomic E-state index is 5.69. The van der Waals surface area contributed by atoms with Crippen LogP contribution in [-0.4, -0.2) is 53.1 Å². The fraction of sp³-hybridized carbons (Fsp3) is 0.429. The monoisotopic (exact) mass is 369 g/mol. The molecule has 3 rings (SSSR count). The van der Waals surface area contributed by atoms with Crippen LogP contribution in [0.1, 0.15) is 22.5 Å². The van der Waals surface area contributed by atoms with Crippen LogP contribution in [0.3, 0.4) is 0 Å². The highest BCUT2D eigenvalue weighted by Crippen LogP contribution is 2.16. The van der Waals surface area contributed by atoms with Gasteiger partial charge in [-0.25, -0.2) is 0 Å². The summed E-state index contributed by atoms with van der Waals surface area (Å²) in [4.78, 5) is 10.4. The Morgan fingerprint density at radius 1 is 1.12 bits per heavy atom. The van der Waals surface area contributed by atoms with E-state index >= 15 is 0 Å². The molecular weight excluding hydrogens is 342 g/mol. The molecule has 26 heavy (non-hydrogen) atoms. The predicted molar refractivity (Wildman–Crippen MR) is 110 cm³/mol. The van der Waals surface area contributed by atoms with Crippen molar-refractivity contribution in [3.63, 3.8) is 0 Å². The summed E-state index contributed by atoms with van der Waals surface area (Å²) in [6.07, 6.45) is 0.758. The number of rotatable bonds is 5. The maximum Gasteiger partial charge on any atom is 0.119 e. The molecule has 0 bridgehead atoms. The van der Waals surface area contributed by atoms with Gasteiger partial charge in [-0.1, -0.05) is 24.4 Å². The Labute approximate surface area is 161 Å². The smallest absolute Gasteiger partial charge is 0.119 e. The highest BCUT2D eigenvalue weighted by molar-refractivity contribution is 7.80. The lowest BCUT2D eigenvalue weighted by molar-refractivity contribution is 0.176. The van der Waals surface area contributed by atoms with Gasteiger partial charge in [0.05, 0.1) is 12.1 Å². The molecule has 2 aromatic rings. The lowest BCUT2D eigenvalue weighted by Gasteiger charge is -2.36. The highest BCUT2D eigenvalue weighted by atomic mass is 32.1. The van der Waals surface area contributed by atoms with Crippen molar-refractivity contribution in [3.05, 3.63) is 58.9 Å². The molecule has 0 unspecified atom stereocenters. The molecule has 1 fully saturated rings. The van der Waals surface area contributed by atoms with Gasteiger partial charge in [-0.2, -0.15) is 0 Å². The average Bonchev–Trinajstić information content (AvgIpc) is 2.61. The quantitative estimate of drug-likeness (QED) is 0.754. The molecule has 0 N–H and O–H groups in total. The third-order valence-electron chi connectivity index (χ3n) is 4.75. The Bertz CT molecular complexity index is 749. The molecule has 4 nitrogen and oxygen atoms in total. The molecule has 1 aromatic carbocycles. The van der Waals surface area contributed by atoms with Crippen LogP contribution in [0.2, 0.25) is 0 Å². The fourth-order valence-corrected chi connectivity index (χ4v) is 3.80. The van der Waals surface area contributed by atoms with Crippen molar-refractivity contribution in [1.29, 1.82) is 0 Å². The average molecular weight is 370 g/mol. The van der Waals surface area contributed by atoms with Crippen LogP contribution in [0, 0.1) is 13.8 Å². The summed E-state index contributed by atoms with van der Waals surface area (Å²) in [6, 6.07) is 12.5. The topological polar surface area (TPSA) is 28.6 Å². The third kappa shape index (κ3) is 5.02. The number of benzene rings is 1. The van der Waals surface area contributed by atoms with E-state index in [4.69, 9.17) is 17.0 Å². The molecule has 0 radical (unpaired) electrons. The van der Waals surface area contributed by atoms with E-state index in [9.17, 15) is 0 Å². The molecule has 1 saturated heterocycles. The number of piperazine rings is 1. The van der Waals surface area contributed by atoms with Gasteiger partial charge in [0.15, 0.2) is 0 Å². The lowest BCUT2D eigenvalue weighted by Crippen LogP contribution is -2.48. The number of methoxy groups -OCH3 is 1. The van der Waals surface area contributed by atoms with E-state index in [-0.39, 0.29) is 0 Å². The van der Waals surface area contributed by atoms with Crippen LogP contribution >= 0.6 is 12.2 Å². The molecule has 1 aliphatic rings. The van der Waals surface area contributed by atoms with Gasteiger partial charge in [0.2, 0.25) is 0 Å². The second-order valence-electron chi connectivity index (χ2n) is 6.96. The zero-order valence-corrected chi connectivity index (χ0v) is 16.7. The minimum absolute atomic E-state index is 0.758. The van der Waals surface area contributed by atoms with E-state index in [1.165, 1.54) is 11.1 Å². The Kier molecular flexibility index (Phi) is 6.22.